The van der Waals surface area contributed by atoms with Crippen LogP contribution in [0, 0.1) is 6.92 Å². The molecule has 0 atom stereocenters. The van der Waals surface area contributed by atoms with E-state index in [2.05, 4.69) is 6.58 Å². The van der Waals surface area contributed by atoms with Crippen LogP contribution in [0.3, 0.4) is 0 Å². The maximum atomic E-state index is 11.4. The Bertz CT molecular complexity index is 1110. The molecule has 0 amide bonds. The van der Waals surface area contributed by atoms with Gasteiger partial charge in [-0.25, -0.2) is 0 Å². The van der Waals surface area contributed by atoms with E-state index in [-0.39, 0.29) is 11.5 Å². The number of fused-ring (bicyclic) bond motifs is 1. The highest BCUT2D eigenvalue weighted by Crippen LogP contribution is 2.34. The van der Waals surface area contributed by atoms with Crippen LogP contribution in [0.4, 0.5) is 0 Å². The molecule has 2 aromatic carbocycles. The molecule has 3 rings (SSSR count). The third-order valence-corrected chi connectivity index (χ3v) is 4.14. The van der Waals surface area contributed by atoms with Gasteiger partial charge in [0.15, 0.2) is 0 Å². The van der Waals surface area contributed by atoms with Crippen LogP contribution < -0.4 is 9.47 Å². The highest BCUT2D eigenvalue weighted by molar-refractivity contribution is 5.86. The molecule has 0 N–H and O–H groups in total. The third-order valence-electron chi connectivity index (χ3n) is 4.14. The number of carbonyl (C=O) groups is 2. The molecule has 5 nitrogen and oxygen atoms in total. The number of aryl methyl sites for hydroxylation is 1. The zero-order chi connectivity index (χ0) is 21.1. The third kappa shape index (κ3) is 5.02. The molecule has 0 saturated heterocycles. The van der Waals surface area contributed by atoms with Crippen molar-refractivity contribution < 1.29 is 23.5 Å². The minimum Gasteiger partial charge on any atom is -0.456 e. The van der Waals surface area contributed by atoms with Crippen LogP contribution in [0.2, 0.25) is 0 Å². The van der Waals surface area contributed by atoms with Crippen molar-refractivity contribution in [3.63, 3.8) is 0 Å². The number of allylic oxidation sites excluding steroid dienone is 2. The van der Waals surface area contributed by atoms with Gasteiger partial charge in [-0.3, -0.25) is 9.59 Å². The fourth-order valence-electron chi connectivity index (χ4n) is 2.92. The average molecular weight is 390 g/mol. The summed E-state index contributed by atoms with van der Waals surface area (Å²) in [5.74, 6) is 0.180. The monoisotopic (exact) mass is 390 g/mol. The van der Waals surface area contributed by atoms with Gasteiger partial charge in [0.25, 0.3) is 0 Å². The Hall–Kier alpha value is -3.60. The molecule has 5 heteroatoms. The number of carbonyl (C=O) groups excluding carboxylic acids is 2. The highest BCUT2D eigenvalue weighted by Gasteiger charge is 2.13. The van der Waals surface area contributed by atoms with Crippen molar-refractivity contribution in [1.29, 1.82) is 0 Å². The summed E-state index contributed by atoms with van der Waals surface area (Å²) in [5, 5.41) is 0.930. The summed E-state index contributed by atoms with van der Waals surface area (Å²) in [7, 11) is 0. The quantitative estimate of drug-likeness (QED) is 0.311. The molecule has 1 heterocycles. The van der Waals surface area contributed by atoms with E-state index in [1.165, 1.54) is 19.9 Å². The van der Waals surface area contributed by atoms with E-state index < -0.39 is 11.9 Å². The van der Waals surface area contributed by atoms with E-state index in [1.807, 2.05) is 44.2 Å². The topological polar surface area (TPSA) is 65.7 Å². The van der Waals surface area contributed by atoms with Crippen LogP contribution in [0.15, 0.2) is 59.0 Å². The van der Waals surface area contributed by atoms with Crippen molar-refractivity contribution in [2.24, 2.45) is 0 Å². The summed E-state index contributed by atoms with van der Waals surface area (Å²) in [4.78, 5) is 22.7. The Morgan fingerprint density at radius 1 is 0.931 bits per heavy atom. The van der Waals surface area contributed by atoms with Crippen molar-refractivity contribution in [2.75, 3.05) is 0 Å². The molecular weight excluding hydrogens is 368 g/mol. The molecule has 29 heavy (non-hydrogen) atoms. The summed E-state index contributed by atoms with van der Waals surface area (Å²) in [6.45, 7) is 10.5. The number of hydrogen-bond donors (Lipinski definition) is 0. The van der Waals surface area contributed by atoms with Crippen LogP contribution in [0.1, 0.15) is 31.9 Å². The summed E-state index contributed by atoms with van der Waals surface area (Å²) in [6.07, 6.45) is 3.98. The fraction of sp³-hybridized carbons (Fsp3) is 0.167. The largest absolute Gasteiger partial charge is 0.456 e. The number of benzene rings is 2. The number of hydrogen-bond acceptors (Lipinski definition) is 5. The summed E-state index contributed by atoms with van der Waals surface area (Å²) in [5.41, 5.74) is 4.48. The van der Waals surface area contributed by atoms with E-state index in [0.717, 1.165) is 27.7 Å². The molecule has 0 saturated carbocycles. The van der Waals surface area contributed by atoms with Crippen molar-refractivity contribution in [1.82, 2.24) is 0 Å². The number of rotatable bonds is 5. The lowest BCUT2D eigenvalue weighted by Crippen LogP contribution is -2.04. The molecule has 0 unspecified atom stereocenters. The Morgan fingerprint density at radius 2 is 1.55 bits per heavy atom. The van der Waals surface area contributed by atoms with Crippen LogP contribution in [0.5, 0.6) is 11.5 Å². The van der Waals surface area contributed by atoms with Crippen LogP contribution >= 0.6 is 0 Å². The Labute approximate surface area is 169 Å². The molecule has 0 aliphatic heterocycles. The van der Waals surface area contributed by atoms with Gasteiger partial charge in [-0.15, -0.1) is 0 Å². The predicted molar refractivity (Wildman–Crippen MR) is 113 cm³/mol. The maximum Gasteiger partial charge on any atom is 0.308 e. The molecule has 0 aliphatic carbocycles. The second-order valence-electron chi connectivity index (χ2n) is 6.92. The lowest BCUT2D eigenvalue weighted by molar-refractivity contribution is -0.132. The lowest BCUT2D eigenvalue weighted by Gasteiger charge is -2.07. The minimum atomic E-state index is -0.468. The lowest BCUT2D eigenvalue weighted by atomic mass is 10.0. The van der Waals surface area contributed by atoms with Gasteiger partial charge < -0.3 is 13.9 Å². The van der Waals surface area contributed by atoms with Gasteiger partial charge in [0.1, 0.15) is 22.8 Å². The smallest absolute Gasteiger partial charge is 0.308 e. The average Bonchev–Trinajstić information content (AvgIpc) is 3.01. The molecule has 0 fully saturated rings. The standard InChI is InChI=1S/C24H22O5/c1-14(2)6-7-18-9-19-12-24(29-23(19)8-15(18)3)20-10-21(27-16(4)25)13-22(11-20)28-17(5)26/h6-13H,1H2,2-5H3/b7-6+. The van der Waals surface area contributed by atoms with Gasteiger partial charge >= 0.3 is 11.9 Å². The van der Waals surface area contributed by atoms with Crippen molar-refractivity contribution in [2.45, 2.75) is 27.7 Å². The predicted octanol–water partition coefficient (Wildman–Crippen LogP) is 5.85. The van der Waals surface area contributed by atoms with Crippen molar-refractivity contribution in [3.8, 4) is 22.8 Å². The van der Waals surface area contributed by atoms with E-state index in [1.54, 1.807) is 12.1 Å². The molecular formula is C24H22O5. The van der Waals surface area contributed by atoms with E-state index in [0.29, 0.717) is 11.3 Å². The Kier molecular flexibility index (Phi) is 5.69. The van der Waals surface area contributed by atoms with Gasteiger partial charge in [-0.1, -0.05) is 24.3 Å². The minimum absolute atomic E-state index is 0.271. The number of esters is 2. The first-order valence-electron chi connectivity index (χ1n) is 9.11. The number of furan rings is 1. The first-order valence-corrected chi connectivity index (χ1v) is 9.11. The molecule has 0 aliphatic rings. The van der Waals surface area contributed by atoms with E-state index in [4.69, 9.17) is 13.9 Å². The second kappa shape index (κ2) is 8.19. The zero-order valence-corrected chi connectivity index (χ0v) is 16.9. The summed E-state index contributed by atoms with van der Waals surface area (Å²) >= 11 is 0. The van der Waals surface area contributed by atoms with E-state index >= 15 is 0 Å². The van der Waals surface area contributed by atoms with Gasteiger partial charge in [-0.05, 0) is 55.3 Å². The van der Waals surface area contributed by atoms with Gasteiger partial charge in [0.2, 0.25) is 0 Å². The molecule has 0 bridgehead atoms. The van der Waals surface area contributed by atoms with Crippen molar-refractivity contribution in [3.05, 3.63) is 65.8 Å². The Balaban J connectivity index is 2.08. The van der Waals surface area contributed by atoms with Crippen molar-refractivity contribution >= 4 is 29.0 Å². The molecule has 1 aromatic heterocycles. The fourth-order valence-corrected chi connectivity index (χ4v) is 2.92. The first-order chi connectivity index (χ1) is 13.7. The first kappa shape index (κ1) is 20.1. The van der Waals surface area contributed by atoms with Crippen LogP contribution in [0.25, 0.3) is 28.4 Å². The van der Waals surface area contributed by atoms with Crippen LogP contribution in [-0.4, -0.2) is 11.9 Å². The van der Waals surface area contributed by atoms with Gasteiger partial charge in [0.05, 0.1) is 0 Å². The van der Waals surface area contributed by atoms with Gasteiger partial charge in [0, 0.05) is 30.9 Å². The second-order valence-corrected chi connectivity index (χ2v) is 6.92. The van der Waals surface area contributed by atoms with Crippen LogP contribution in [-0.2, 0) is 9.59 Å². The van der Waals surface area contributed by atoms with E-state index in [9.17, 15) is 9.59 Å². The highest BCUT2D eigenvalue weighted by atomic mass is 16.5. The molecule has 0 radical (unpaired) electrons. The summed E-state index contributed by atoms with van der Waals surface area (Å²) < 4.78 is 16.4. The molecule has 148 valence electrons. The number of ether oxygens (including phenoxy) is 2. The molecule has 3 aromatic rings. The zero-order valence-electron chi connectivity index (χ0n) is 16.9. The maximum absolute atomic E-state index is 11.4. The SMILES string of the molecule is C=C(C)/C=C/c1cc2cc(-c3cc(OC(C)=O)cc(OC(C)=O)c3)oc2cc1C. The molecule has 0 spiro atoms. The summed E-state index contributed by atoms with van der Waals surface area (Å²) in [6, 6.07) is 10.7. The Morgan fingerprint density at radius 3 is 2.10 bits per heavy atom. The normalized spacial score (nSPS) is 11.0. The van der Waals surface area contributed by atoms with Gasteiger partial charge in [-0.2, -0.15) is 0 Å².